The number of rotatable bonds is 2. The second kappa shape index (κ2) is 3.42. The largest absolute Gasteiger partial charge is 0.709 e. The van der Waals surface area contributed by atoms with Gasteiger partial charge in [-0.15, -0.1) is 0 Å². The number of para-hydroxylation sites is 1. The van der Waals surface area contributed by atoms with Gasteiger partial charge in [0.15, 0.2) is 0 Å². The highest BCUT2D eigenvalue weighted by atomic mass is 28.3. The molecule has 0 bridgehead atoms. The molecule has 54 valence electrons. The van der Waals surface area contributed by atoms with Gasteiger partial charge >= 0.3 is 0 Å². The highest BCUT2D eigenvalue weighted by molar-refractivity contribution is 6.49. The summed E-state index contributed by atoms with van der Waals surface area (Å²) < 4.78 is 5.52. The Bertz CT molecular complexity index is 184. The lowest BCUT2D eigenvalue weighted by Crippen LogP contribution is -2.10. The molecule has 0 atom stereocenters. The maximum absolute atomic E-state index is 5.52. The van der Waals surface area contributed by atoms with Gasteiger partial charge in [0.25, 0.3) is 0 Å². The molecule has 2 heteroatoms. The molecule has 0 amide bonds. The van der Waals surface area contributed by atoms with Gasteiger partial charge in [0, 0.05) is 0 Å². The predicted molar refractivity (Wildman–Crippen MR) is 44.6 cm³/mol. The van der Waals surface area contributed by atoms with Gasteiger partial charge in [-0.25, -0.2) is 0 Å². The van der Waals surface area contributed by atoms with Crippen LogP contribution in [0.15, 0.2) is 30.3 Å². The van der Waals surface area contributed by atoms with Crippen LogP contribution in [0.4, 0.5) is 0 Å². The lowest BCUT2D eigenvalue weighted by atomic mass is 10.3. The van der Waals surface area contributed by atoms with E-state index in [2.05, 4.69) is 13.1 Å². The van der Waals surface area contributed by atoms with E-state index < -0.39 is 9.04 Å². The molecule has 0 saturated carbocycles. The summed E-state index contributed by atoms with van der Waals surface area (Å²) in [6.45, 7) is 4.25. The first-order chi connectivity index (χ1) is 4.79. The number of benzene rings is 1. The summed E-state index contributed by atoms with van der Waals surface area (Å²) in [7, 11) is -0.587. The summed E-state index contributed by atoms with van der Waals surface area (Å²) in [5, 5.41) is 0. The summed E-state index contributed by atoms with van der Waals surface area (Å²) >= 11 is 0. The van der Waals surface area contributed by atoms with E-state index in [1.807, 2.05) is 30.3 Å². The summed E-state index contributed by atoms with van der Waals surface area (Å²) in [5.74, 6) is 0.987. The van der Waals surface area contributed by atoms with Crippen molar-refractivity contribution >= 4 is 9.04 Å². The van der Waals surface area contributed by atoms with Crippen LogP contribution >= 0.6 is 0 Å². The minimum atomic E-state index is -0.587. The average Bonchev–Trinajstić information content (AvgIpc) is 1.88. The number of hydrogen-bond donors (Lipinski definition) is 0. The van der Waals surface area contributed by atoms with E-state index in [9.17, 15) is 0 Å². The molecule has 0 aromatic heterocycles. The third-order valence-electron chi connectivity index (χ3n) is 1.07. The normalized spacial score (nSPS) is 9.90. The van der Waals surface area contributed by atoms with Crippen molar-refractivity contribution in [1.82, 2.24) is 0 Å². The second-order valence-corrected chi connectivity index (χ2v) is 4.34. The van der Waals surface area contributed by atoms with Crippen LogP contribution in [0.5, 0.6) is 5.75 Å². The zero-order chi connectivity index (χ0) is 7.40. The zero-order valence-electron chi connectivity index (χ0n) is 6.29. The number of hydrogen-bond acceptors (Lipinski definition) is 1. The van der Waals surface area contributed by atoms with E-state index >= 15 is 0 Å². The molecule has 0 aliphatic carbocycles. The molecule has 0 N–H and O–H groups in total. The van der Waals surface area contributed by atoms with Gasteiger partial charge in [-0.2, -0.15) is 13.1 Å². The van der Waals surface area contributed by atoms with Crippen LogP contribution in [0.3, 0.4) is 0 Å². The lowest BCUT2D eigenvalue weighted by Gasteiger charge is -2.21. The van der Waals surface area contributed by atoms with Gasteiger partial charge in [-0.3, -0.25) is 0 Å². The van der Waals surface area contributed by atoms with Crippen LogP contribution in [0.1, 0.15) is 0 Å². The summed E-state index contributed by atoms with van der Waals surface area (Å²) in [5.41, 5.74) is 0. The Hall–Kier alpha value is -0.763. The van der Waals surface area contributed by atoms with Crippen molar-refractivity contribution in [2.75, 3.05) is 0 Å². The molecule has 0 heterocycles. The standard InChI is InChI=1S/C8H11OSi/c1-10(2)9-8-6-4-3-5-7-8/h3-7H,1-2H3/q-1. The Balaban J connectivity index is 2.59. The minimum Gasteiger partial charge on any atom is -0.709 e. The van der Waals surface area contributed by atoms with Gasteiger partial charge < -0.3 is 4.43 Å². The third kappa shape index (κ3) is 2.23. The highest BCUT2D eigenvalue weighted by Gasteiger charge is 1.83. The molecule has 0 aliphatic rings. The smallest absolute Gasteiger partial charge is 0.0708 e. The molecule has 0 spiro atoms. The molecule has 1 aromatic rings. The van der Waals surface area contributed by atoms with Crippen LogP contribution in [0, 0.1) is 0 Å². The van der Waals surface area contributed by atoms with E-state index in [0.717, 1.165) is 5.75 Å². The van der Waals surface area contributed by atoms with Gasteiger partial charge in [0.1, 0.15) is 0 Å². The summed E-state index contributed by atoms with van der Waals surface area (Å²) in [6, 6.07) is 9.93. The first kappa shape index (κ1) is 7.35. The molecule has 0 saturated heterocycles. The monoisotopic (exact) mass is 151 g/mol. The van der Waals surface area contributed by atoms with E-state index in [1.165, 1.54) is 0 Å². The molecular formula is C8H11OSi-. The van der Waals surface area contributed by atoms with E-state index in [-0.39, 0.29) is 0 Å². The van der Waals surface area contributed by atoms with Crippen LogP contribution < -0.4 is 4.43 Å². The van der Waals surface area contributed by atoms with Crippen LogP contribution in [0.2, 0.25) is 13.1 Å². The first-order valence-corrected chi connectivity index (χ1v) is 5.73. The van der Waals surface area contributed by atoms with Gasteiger partial charge in [-0.05, 0) is 12.1 Å². The maximum atomic E-state index is 5.52. The van der Waals surface area contributed by atoms with Crippen molar-refractivity contribution in [3.8, 4) is 5.75 Å². The van der Waals surface area contributed by atoms with Crippen molar-refractivity contribution in [2.45, 2.75) is 13.1 Å². The Morgan fingerprint density at radius 3 is 2.20 bits per heavy atom. The van der Waals surface area contributed by atoms with Crippen molar-refractivity contribution < 1.29 is 4.43 Å². The fourth-order valence-electron chi connectivity index (χ4n) is 0.724. The van der Waals surface area contributed by atoms with Gasteiger partial charge in [0.05, 0.1) is 5.75 Å². The van der Waals surface area contributed by atoms with Crippen LogP contribution in [0.25, 0.3) is 0 Å². The maximum Gasteiger partial charge on any atom is 0.0708 e. The Morgan fingerprint density at radius 2 is 1.70 bits per heavy atom. The van der Waals surface area contributed by atoms with E-state index in [1.54, 1.807) is 0 Å². The van der Waals surface area contributed by atoms with Crippen LogP contribution in [-0.2, 0) is 0 Å². The SMILES string of the molecule is C[Si-](C)Oc1ccccc1. The Morgan fingerprint density at radius 1 is 1.10 bits per heavy atom. The minimum absolute atomic E-state index is 0.587. The third-order valence-corrected chi connectivity index (χ3v) is 1.71. The Labute approximate surface area is 63.4 Å². The molecule has 10 heavy (non-hydrogen) atoms. The molecule has 0 aliphatic heterocycles. The lowest BCUT2D eigenvalue weighted by molar-refractivity contribution is 0.581. The van der Waals surface area contributed by atoms with Crippen molar-refractivity contribution in [3.63, 3.8) is 0 Å². The zero-order valence-corrected chi connectivity index (χ0v) is 7.29. The predicted octanol–water partition coefficient (Wildman–Crippen LogP) is 2.32. The fourth-order valence-corrected chi connectivity index (χ4v) is 1.33. The topological polar surface area (TPSA) is 9.23 Å². The first-order valence-electron chi connectivity index (χ1n) is 3.32. The molecule has 0 unspecified atom stereocenters. The van der Waals surface area contributed by atoms with Gasteiger partial charge in [0.2, 0.25) is 0 Å². The van der Waals surface area contributed by atoms with Crippen molar-refractivity contribution in [3.05, 3.63) is 30.3 Å². The highest BCUT2D eigenvalue weighted by Crippen LogP contribution is 2.08. The molecule has 1 rings (SSSR count). The van der Waals surface area contributed by atoms with Crippen molar-refractivity contribution in [2.24, 2.45) is 0 Å². The fraction of sp³-hybridized carbons (Fsp3) is 0.250. The Kier molecular flexibility index (Phi) is 2.51. The average molecular weight is 151 g/mol. The summed E-state index contributed by atoms with van der Waals surface area (Å²) in [4.78, 5) is 0. The molecular weight excluding hydrogens is 140 g/mol. The molecule has 1 nitrogen and oxygen atoms in total. The molecule has 0 radical (unpaired) electrons. The molecule has 0 fully saturated rings. The van der Waals surface area contributed by atoms with E-state index in [4.69, 9.17) is 4.43 Å². The van der Waals surface area contributed by atoms with Crippen LogP contribution in [-0.4, -0.2) is 9.04 Å². The van der Waals surface area contributed by atoms with Gasteiger partial charge in [-0.1, -0.05) is 27.2 Å². The second-order valence-electron chi connectivity index (χ2n) is 2.32. The van der Waals surface area contributed by atoms with E-state index in [0.29, 0.717) is 0 Å². The molecule has 1 aromatic carbocycles. The van der Waals surface area contributed by atoms with Crippen molar-refractivity contribution in [1.29, 1.82) is 0 Å². The quantitative estimate of drug-likeness (QED) is 0.589. The summed E-state index contributed by atoms with van der Waals surface area (Å²) in [6.07, 6.45) is 0.